The lowest BCUT2D eigenvalue weighted by Gasteiger charge is -2.12. The van der Waals surface area contributed by atoms with E-state index in [1.54, 1.807) is 0 Å². The largest absolute Gasteiger partial charge is 0.278 e. The van der Waals surface area contributed by atoms with Gasteiger partial charge in [-0.15, -0.1) is 0 Å². The predicted molar refractivity (Wildman–Crippen MR) is 208 cm³/mol. The van der Waals surface area contributed by atoms with Gasteiger partial charge in [0.15, 0.2) is 0 Å². The van der Waals surface area contributed by atoms with E-state index in [0.29, 0.717) is 11.5 Å². The molecule has 7 aromatic carbocycles. The first kappa shape index (κ1) is 30.0. The minimum atomic E-state index is 0.613. The Bertz CT molecular complexity index is 2610. The minimum Gasteiger partial charge on any atom is -0.278 e. The fourth-order valence-corrected chi connectivity index (χ4v) is 6.87. The van der Waals surface area contributed by atoms with E-state index < -0.39 is 0 Å². The van der Waals surface area contributed by atoms with Crippen LogP contribution in [0.15, 0.2) is 182 Å². The topological polar surface area (TPSA) is 54.5 Å². The zero-order chi connectivity index (χ0) is 34.1. The molecule has 9 rings (SSSR count). The van der Waals surface area contributed by atoms with Crippen molar-refractivity contribution in [2.75, 3.05) is 0 Å². The number of nitriles is 1. The van der Waals surface area contributed by atoms with Gasteiger partial charge in [-0.05, 0) is 75.8 Å². The first-order valence-corrected chi connectivity index (χ1v) is 17.0. The van der Waals surface area contributed by atoms with Gasteiger partial charge < -0.3 is 0 Å². The van der Waals surface area contributed by atoms with Gasteiger partial charge in [-0.2, -0.15) is 5.26 Å². The molecule has 0 saturated carbocycles. The Morgan fingerprint density at radius 3 is 1.22 bits per heavy atom. The standard InChI is InChI=1S/C47H30N4/c48-31-32-16-18-35(19-17-32)36-20-22-38(23-21-36)44-30-43(37-14-8-3-9-15-37)49-47(50-44)51-45-26-24-39(33-10-4-1-5-11-33)28-41(45)42-29-40(25-27-46(42)51)34-12-6-2-7-13-34/h1-30H. The predicted octanol–water partition coefficient (Wildman–Crippen LogP) is 11.8. The zero-order valence-corrected chi connectivity index (χ0v) is 27.6. The maximum atomic E-state index is 9.23. The van der Waals surface area contributed by atoms with Gasteiger partial charge in [0, 0.05) is 21.9 Å². The van der Waals surface area contributed by atoms with Crippen LogP contribution in [0.3, 0.4) is 0 Å². The fraction of sp³-hybridized carbons (Fsp3) is 0. The third kappa shape index (κ3) is 5.63. The number of rotatable bonds is 6. The van der Waals surface area contributed by atoms with Crippen LogP contribution in [-0.4, -0.2) is 14.5 Å². The van der Waals surface area contributed by atoms with Gasteiger partial charge in [-0.1, -0.05) is 140 Å². The van der Waals surface area contributed by atoms with Crippen molar-refractivity contribution in [3.05, 3.63) is 188 Å². The van der Waals surface area contributed by atoms with E-state index >= 15 is 0 Å². The molecule has 0 fully saturated rings. The monoisotopic (exact) mass is 650 g/mol. The molecule has 0 amide bonds. The molecule has 0 aliphatic heterocycles. The van der Waals surface area contributed by atoms with Crippen LogP contribution in [0.25, 0.3) is 83.6 Å². The smallest absolute Gasteiger partial charge is 0.235 e. The lowest BCUT2D eigenvalue weighted by atomic mass is 10.0. The summed E-state index contributed by atoms with van der Waals surface area (Å²) in [6.45, 7) is 0. The lowest BCUT2D eigenvalue weighted by Crippen LogP contribution is -2.04. The van der Waals surface area contributed by atoms with Crippen molar-refractivity contribution in [3.63, 3.8) is 0 Å². The fourth-order valence-electron chi connectivity index (χ4n) is 6.87. The average molecular weight is 651 g/mol. The summed E-state index contributed by atoms with van der Waals surface area (Å²) in [5, 5.41) is 11.5. The third-order valence-electron chi connectivity index (χ3n) is 9.49. The van der Waals surface area contributed by atoms with Crippen molar-refractivity contribution in [2.45, 2.75) is 0 Å². The van der Waals surface area contributed by atoms with Crippen LogP contribution in [-0.2, 0) is 0 Å². The zero-order valence-electron chi connectivity index (χ0n) is 27.6. The molecule has 2 aromatic heterocycles. The Balaban J connectivity index is 1.25. The molecular weight excluding hydrogens is 621 g/mol. The first-order valence-electron chi connectivity index (χ1n) is 17.0. The molecule has 238 valence electrons. The summed E-state index contributed by atoms with van der Waals surface area (Å²) >= 11 is 0. The number of hydrogen-bond donors (Lipinski definition) is 0. The molecule has 0 saturated heterocycles. The Morgan fingerprint density at radius 2 is 0.745 bits per heavy atom. The normalized spacial score (nSPS) is 11.1. The van der Waals surface area contributed by atoms with Crippen molar-refractivity contribution in [1.29, 1.82) is 5.26 Å². The molecule has 0 aliphatic rings. The highest BCUT2D eigenvalue weighted by molar-refractivity contribution is 6.11. The summed E-state index contributed by atoms with van der Waals surface area (Å²) in [7, 11) is 0. The molecule has 0 N–H and O–H groups in total. The molecule has 4 heteroatoms. The second kappa shape index (κ2) is 12.7. The van der Waals surface area contributed by atoms with Crippen LogP contribution >= 0.6 is 0 Å². The Labute approximate surface area is 296 Å². The number of nitrogens with zero attached hydrogens (tertiary/aromatic N) is 4. The Kier molecular flexibility index (Phi) is 7.50. The van der Waals surface area contributed by atoms with E-state index in [9.17, 15) is 5.26 Å². The molecule has 4 nitrogen and oxygen atoms in total. The summed E-state index contributed by atoms with van der Waals surface area (Å²) in [6, 6.07) is 65.1. The maximum absolute atomic E-state index is 9.23. The Morgan fingerprint density at radius 1 is 0.373 bits per heavy atom. The molecule has 0 radical (unpaired) electrons. The summed E-state index contributed by atoms with van der Waals surface area (Å²) in [4.78, 5) is 10.5. The lowest BCUT2D eigenvalue weighted by molar-refractivity contribution is 0.996. The van der Waals surface area contributed by atoms with Crippen LogP contribution in [0, 0.1) is 11.3 Å². The second-order valence-corrected chi connectivity index (χ2v) is 12.6. The third-order valence-corrected chi connectivity index (χ3v) is 9.49. The number of hydrogen-bond acceptors (Lipinski definition) is 3. The van der Waals surface area contributed by atoms with Crippen LogP contribution < -0.4 is 0 Å². The molecule has 0 bridgehead atoms. The summed E-state index contributed by atoms with van der Waals surface area (Å²) in [5.41, 5.74) is 13.2. The van der Waals surface area contributed by atoms with Crippen LogP contribution in [0.2, 0.25) is 0 Å². The molecule has 2 heterocycles. The summed E-state index contributed by atoms with van der Waals surface area (Å²) in [6.07, 6.45) is 0. The van der Waals surface area contributed by atoms with Crippen LogP contribution in [0.1, 0.15) is 5.56 Å². The van der Waals surface area contributed by atoms with Crippen LogP contribution in [0.5, 0.6) is 0 Å². The first-order chi connectivity index (χ1) is 25.2. The van der Waals surface area contributed by atoms with Crippen molar-refractivity contribution < 1.29 is 0 Å². The highest BCUT2D eigenvalue weighted by Crippen LogP contribution is 2.37. The second-order valence-electron chi connectivity index (χ2n) is 12.6. The number of benzene rings is 7. The van der Waals surface area contributed by atoms with E-state index in [4.69, 9.17) is 9.97 Å². The average Bonchev–Trinajstić information content (AvgIpc) is 3.55. The summed E-state index contributed by atoms with van der Waals surface area (Å²) < 4.78 is 2.20. The van der Waals surface area contributed by atoms with E-state index in [1.165, 1.54) is 11.1 Å². The van der Waals surface area contributed by atoms with Gasteiger partial charge >= 0.3 is 0 Å². The highest BCUT2D eigenvalue weighted by Gasteiger charge is 2.18. The molecule has 0 atom stereocenters. The van der Waals surface area contributed by atoms with Crippen molar-refractivity contribution >= 4 is 21.8 Å². The van der Waals surface area contributed by atoms with Gasteiger partial charge in [0.1, 0.15) is 0 Å². The molecule has 0 spiro atoms. The molecule has 0 aliphatic carbocycles. The quantitative estimate of drug-likeness (QED) is 0.180. The minimum absolute atomic E-state index is 0.613. The van der Waals surface area contributed by atoms with E-state index in [2.05, 4.69) is 150 Å². The van der Waals surface area contributed by atoms with Gasteiger partial charge in [0.25, 0.3) is 0 Å². The molecular formula is C47H30N4. The van der Waals surface area contributed by atoms with E-state index in [1.807, 2.05) is 42.5 Å². The van der Waals surface area contributed by atoms with Gasteiger partial charge in [-0.25, -0.2) is 9.97 Å². The maximum Gasteiger partial charge on any atom is 0.235 e. The molecule has 51 heavy (non-hydrogen) atoms. The van der Waals surface area contributed by atoms with Gasteiger partial charge in [-0.3, -0.25) is 4.57 Å². The Hall–Kier alpha value is -7.09. The number of fused-ring (bicyclic) bond motifs is 3. The molecule has 0 unspecified atom stereocenters. The highest BCUT2D eigenvalue weighted by atomic mass is 15.2. The van der Waals surface area contributed by atoms with Crippen LogP contribution in [0.4, 0.5) is 0 Å². The van der Waals surface area contributed by atoms with Crippen molar-refractivity contribution in [3.8, 4) is 67.9 Å². The SMILES string of the molecule is N#Cc1ccc(-c2ccc(-c3cc(-c4ccccc4)nc(-n4c5ccc(-c6ccccc6)cc5c5cc(-c6ccccc6)ccc54)n3)cc2)cc1. The summed E-state index contributed by atoms with van der Waals surface area (Å²) in [5.74, 6) is 0.613. The van der Waals surface area contributed by atoms with E-state index in [0.717, 1.165) is 66.6 Å². The number of aromatic nitrogens is 3. The van der Waals surface area contributed by atoms with Crippen molar-refractivity contribution in [1.82, 2.24) is 14.5 Å². The molecule has 9 aromatic rings. The van der Waals surface area contributed by atoms with E-state index in [-0.39, 0.29) is 0 Å². The van der Waals surface area contributed by atoms with Gasteiger partial charge in [0.05, 0.1) is 34.1 Å². The van der Waals surface area contributed by atoms with Gasteiger partial charge in [0.2, 0.25) is 5.95 Å². The van der Waals surface area contributed by atoms with Crippen molar-refractivity contribution in [2.24, 2.45) is 0 Å².